The van der Waals surface area contributed by atoms with Crippen LogP contribution in [0.1, 0.15) is 31.2 Å². The highest BCUT2D eigenvalue weighted by atomic mass is 79.9. The molecular weight excluding hydrogens is 606 g/mol. The zero-order chi connectivity index (χ0) is 25.7. The second-order valence-corrected chi connectivity index (χ2v) is 10.3. The summed E-state index contributed by atoms with van der Waals surface area (Å²) in [5, 5.41) is 7.97. The zero-order valence-electron chi connectivity index (χ0n) is 21.2. The van der Waals surface area contributed by atoms with Gasteiger partial charge in [0.2, 0.25) is 5.95 Å². The summed E-state index contributed by atoms with van der Waals surface area (Å²) < 4.78 is 42.9. The summed E-state index contributed by atoms with van der Waals surface area (Å²) in [7, 11) is 3.97. The Balaban J connectivity index is 0.00000253. The molecule has 0 saturated heterocycles. The second-order valence-electron chi connectivity index (χ2n) is 9.40. The maximum absolute atomic E-state index is 12.7. The smallest absolute Gasteiger partial charge is 0.405 e. The summed E-state index contributed by atoms with van der Waals surface area (Å²) in [5.74, 6) is 1.94. The Morgan fingerprint density at radius 2 is 1.74 bits per heavy atom. The molecule has 0 unspecified atom stereocenters. The first-order valence-electron chi connectivity index (χ1n) is 12.1. The van der Waals surface area contributed by atoms with E-state index in [1.807, 2.05) is 43.3 Å². The summed E-state index contributed by atoms with van der Waals surface area (Å²) in [4.78, 5) is 11.5. The molecule has 0 spiro atoms. The van der Waals surface area contributed by atoms with Crippen molar-refractivity contribution >= 4 is 63.4 Å². The lowest BCUT2D eigenvalue weighted by Gasteiger charge is -2.29. The number of rotatable bonds is 9. The van der Waals surface area contributed by atoms with Gasteiger partial charge in [-0.2, -0.15) is 4.98 Å². The van der Waals surface area contributed by atoms with Gasteiger partial charge in [0, 0.05) is 30.0 Å². The maximum Gasteiger partial charge on any atom is 0.573 e. The molecule has 0 atom stereocenters. The minimum Gasteiger partial charge on any atom is -0.405 e. The van der Waals surface area contributed by atoms with Crippen LogP contribution in [0.3, 0.4) is 0 Å². The van der Waals surface area contributed by atoms with E-state index in [0.29, 0.717) is 40.9 Å². The van der Waals surface area contributed by atoms with E-state index in [9.17, 15) is 13.2 Å². The topological polar surface area (TPSA) is 62.3 Å². The first-order chi connectivity index (χ1) is 17.2. The van der Waals surface area contributed by atoms with Crippen LogP contribution in [0.25, 0.3) is 10.9 Å². The number of hydrogen-bond acceptors (Lipinski definition) is 6. The van der Waals surface area contributed by atoms with Crippen molar-refractivity contribution in [3.05, 3.63) is 52.5 Å². The number of fused-ring (bicyclic) bond motifs is 1. The minimum absolute atomic E-state index is 0. The monoisotopic (exact) mass is 637 g/mol. The van der Waals surface area contributed by atoms with Crippen molar-refractivity contribution in [2.24, 2.45) is 5.92 Å². The Morgan fingerprint density at radius 1 is 1.03 bits per heavy atom. The Labute approximate surface area is 242 Å². The van der Waals surface area contributed by atoms with Gasteiger partial charge < -0.3 is 20.3 Å². The predicted octanol–water partition coefficient (Wildman–Crippen LogP) is 7.00. The molecule has 210 valence electrons. The fourth-order valence-corrected chi connectivity index (χ4v) is 4.98. The fraction of sp³-hybridized carbons (Fsp3) is 0.462. The van der Waals surface area contributed by atoms with Crippen LogP contribution in [0.5, 0.6) is 5.75 Å². The Bertz CT molecular complexity index is 1180. The van der Waals surface area contributed by atoms with Gasteiger partial charge in [-0.05, 0) is 80.9 Å². The largest absolute Gasteiger partial charge is 0.573 e. The fourth-order valence-electron chi connectivity index (χ4n) is 4.64. The van der Waals surface area contributed by atoms with E-state index < -0.39 is 6.36 Å². The molecule has 38 heavy (non-hydrogen) atoms. The molecule has 1 aliphatic carbocycles. The third kappa shape index (κ3) is 9.03. The summed E-state index contributed by atoms with van der Waals surface area (Å²) in [6, 6.07) is 13.1. The number of nitrogens with one attached hydrogen (secondary N) is 2. The van der Waals surface area contributed by atoms with Crippen LogP contribution in [0.2, 0.25) is 0 Å². The van der Waals surface area contributed by atoms with Crippen molar-refractivity contribution in [1.82, 2.24) is 15.3 Å². The number of hydrogen-bond donors (Lipinski definition) is 2. The Morgan fingerprint density at radius 3 is 2.42 bits per heavy atom. The van der Waals surface area contributed by atoms with E-state index in [4.69, 9.17) is 9.97 Å². The highest BCUT2D eigenvalue weighted by molar-refractivity contribution is 9.10. The van der Waals surface area contributed by atoms with Crippen molar-refractivity contribution in [2.45, 2.75) is 44.5 Å². The molecule has 1 fully saturated rings. The van der Waals surface area contributed by atoms with E-state index in [-0.39, 0.29) is 30.6 Å². The molecule has 12 heteroatoms. The number of nitrogens with zero attached hydrogens (tertiary/aromatic N) is 3. The van der Waals surface area contributed by atoms with Gasteiger partial charge in [-0.25, -0.2) is 4.98 Å². The number of anilines is 2. The van der Waals surface area contributed by atoms with Gasteiger partial charge in [0.1, 0.15) is 11.6 Å². The van der Waals surface area contributed by atoms with Crippen LogP contribution in [-0.4, -0.2) is 49.6 Å². The van der Waals surface area contributed by atoms with Gasteiger partial charge in [-0.15, -0.1) is 38.0 Å². The molecule has 4 rings (SSSR count). The number of aromatic nitrogens is 2. The van der Waals surface area contributed by atoms with Gasteiger partial charge in [0.25, 0.3) is 0 Å². The highest BCUT2D eigenvalue weighted by Gasteiger charge is 2.32. The van der Waals surface area contributed by atoms with Crippen LogP contribution < -0.4 is 20.3 Å². The van der Waals surface area contributed by atoms with Crippen molar-refractivity contribution < 1.29 is 17.9 Å². The molecule has 1 aliphatic rings. The molecule has 2 aromatic carbocycles. The average molecular weight is 639 g/mol. The van der Waals surface area contributed by atoms with Crippen LogP contribution >= 0.6 is 40.7 Å². The highest BCUT2D eigenvalue weighted by Crippen LogP contribution is 2.30. The predicted molar refractivity (Wildman–Crippen MR) is 155 cm³/mol. The van der Waals surface area contributed by atoms with E-state index in [1.54, 1.807) is 12.1 Å². The van der Waals surface area contributed by atoms with Gasteiger partial charge in [0.15, 0.2) is 0 Å². The number of benzene rings is 2. The number of ether oxygens (including phenoxy) is 1. The van der Waals surface area contributed by atoms with E-state index >= 15 is 0 Å². The quantitative estimate of drug-likeness (QED) is 0.246. The molecule has 0 aliphatic heterocycles. The molecule has 0 bridgehead atoms. The third-order valence-corrected chi connectivity index (χ3v) is 6.94. The van der Waals surface area contributed by atoms with Gasteiger partial charge in [-0.1, -0.05) is 34.1 Å². The molecule has 1 saturated carbocycles. The first kappa shape index (κ1) is 32.2. The normalized spacial score (nSPS) is 17.3. The number of para-hydroxylation sites is 1. The SMILES string of the molecule is CN(C)c1nc(NC2CCC(CNCCc3ccc(Br)cc3OC(F)(F)F)CC2)nc2ccccc12.Cl.Cl. The second kappa shape index (κ2) is 14.4. The summed E-state index contributed by atoms with van der Waals surface area (Å²) in [5.41, 5.74) is 1.45. The van der Waals surface area contributed by atoms with Crippen LogP contribution in [0, 0.1) is 5.92 Å². The summed E-state index contributed by atoms with van der Waals surface area (Å²) in [6.45, 7) is 1.43. The number of alkyl halides is 3. The first-order valence-corrected chi connectivity index (χ1v) is 12.9. The zero-order valence-corrected chi connectivity index (χ0v) is 24.4. The van der Waals surface area contributed by atoms with Crippen molar-refractivity contribution in [3.8, 4) is 5.75 Å². The van der Waals surface area contributed by atoms with Gasteiger partial charge >= 0.3 is 6.36 Å². The van der Waals surface area contributed by atoms with E-state index in [0.717, 1.165) is 48.9 Å². The van der Waals surface area contributed by atoms with Crippen molar-refractivity contribution in [3.63, 3.8) is 0 Å². The third-order valence-electron chi connectivity index (χ3n) is 6.45. The van der Waals surface area contributed by atoms with Gasteiger partial charge in [-0.3, -0.25) is 0 Å². The summed E-state index contributed by atoms with van der Waals surface area (Å²) in [6.07, 6.45) is -0.0596. The van der Waals surface area contributed by atoms with Crippen LogP contribution in [0.15, 0.2) is 46.9 Å². The summed E-state index contributed by atoms with van der Waals surface area (Å²) >= 11 is 3.21. The van der Waals surface area contributed by atoms with Crippen molar-refractivity contribution in [1.29, 1.82) is 0 Å². The molecule has 6 nitrogen and oxygen atoms in total. The Hall–Kier alpha value is -2.01. The average Bonchev–Trinajstić information content (AvgIpc) is 2.82. The van der Waals surface area contributed by atoms with Gasteiger partial charge in [0.05, 0.1) is 5.52 Å². The van der Waals surface area contributed by atoms with Crippen molar-refractivity contribution in [2.75, 3.05) is 37.4 Å². The lowest BCUT2D eigenvalue weighted by molar-refractivity contribution is -0.274. The Kier molecular flexibility index (Phi) is 12.2. The lowest BCUT2D eigenvalue weighted by Crippen LogP contribution is -2.32. The maximum atomic E-state index is 12.7. The molecule has 2 N–H and O–H groups in total. The van der Waals surface area contributed by atoms with E-state index in [1.165, 1.54) is 6.07 Å². The number of halogens is 6. The molecule has 3 aromatic rings. The minimum atomic E-state index is -4.71. The molecular formula is C26H33BrCl2F3N5O. The standard InChI is InChI=1S/C26H31BrF3N5O.2ClH/c1-35(2)24-21-5-3-4-6-22(21)33-25(34-24)32-20-11-7-17(8-12-20)16-31-14-13-18-9-10-19(27)15-23(18)36-26(28,29)30;;/h3-6,9-10,15,17,20,31H,7-8,11-14,16H2,1-2H3,(H,32,33,34);2*1H. The molecule has 1 aromatic heterocycles. The van der Waals surface area contributed by atoms with E-state index in [2.05, 4.69) is 31.3 Å². The van der Waals surface area contributed by atoms with Crippen LogP contribution in [-0.2, 0) is 6.42 Å². The van der Waals surface area contributed by atoms with Crippen LogP contribution in [0.4, 0.5) is 24.9 Å². The molecule has 0 radical (unpaired) electrons. The lowest BCUT2D eigenvalue weighted by atomic mass is 9.86. The molecule has 0 amide bonds. The molecule has 1 heterocycles.